The third kappa shape index (κ3) is 3.49. The maximum Gasteiger partial charge on any atom is 0.177 e. The Kier molecular flexibility index (Phi) is 4.58. The van der Waals surface area contributed by atoms with Crippen molar-refractivity contribution in [2.75, 3.05) is 0 Å². The first-order valence-electron chi connectivity index (χ1n) is 5.79. The van der Waals surface area contributed by atoms with E-state index < -0.39 is 0 Å². The van der Waals surface area contributed by atoms with Crippen molar-refractivity contribution in [1.82, 2.24) is 9.55 Å². The van der Waals surface area contributed by atoms with Gasteiger partial charge in [0.25, 0.3) is 0 Å². The van der Waals surface area contributed by atoms with Gasteiger partial charge in [-0.3, -0.25) is 0 Å². The quantitative estimate of drug-likeness (QED) is 0.745. The molecule has 0 aromatic carbocycles. The highest BCUT2D eigenvalue weighted by Crippen LogP contribution is 2.19. The molecule has 0 aliphatic carbocycles. The third-order valence-corrected chi connectivity index (χ3v) is 3.16. The molecule has 0 aliphatic rings. The molecule has 1 heterocycles. The fourth-order valence-corrected chi connectivity index (χ4v) is 2.35. The molecule has 1 atom stereocenters. The van der Waals surface area contributed by atoms with Gasteiger partial charge in [-0.05, 0) is 38.4 Å². The Hall–Kier alpha value is -0.570. The van der Waals surface area contributed by atoms with E-state index in [0.717, 1.165) is 10.7 Å². The van der Waals surface area contributed by atoms with Gasteiger partial charge in [-0.1, -0.05) is 26.7 Å². The Morgan fingerprint density at radius 2 is 2.00 bits per heavy atom. The van der Waals surface area contributed by atoms with Gasteiger partial charge in [-0.25, -0.2) is 0 Å². The van der Waals surface area contributed by atoms with E-state index in [4.69, 9.17) is 12.2 Å². The summed E-state index contributed by atoms with van der Waals surface area (Å²) in [7, 11) is 0. The number of hydrogen-bond acceptors (Lipinski definition) is 1. The minimum atomic E-state index is 0.516. The molecule has 1 rings (SSSR count). The second kappa shape index (κ2) is 5.50. The van der Waals surface area contributed by atoms with E-state index in [1.165, 1.54) is 25.0 Å². The highest BCUT2D eigenvalue weighted by atomic mass is 32.1. The van der Waals surface area contributed by atoms with Gasteiger partial charge in [-0.2, -0.15) is 0 Å². The first-order valence-corrected chi connectivity index (χ1v) is 6.19. The summed E-state index contributed by atoms with van der Waals surface area (Å²) in [5.74, 6) is 0.803. The molecule has 0 saturated heterocycles. The predicted molar refractivity (Wildman–Crippen MR) is 67.8 cm³/mol. The molecule has 0 radical (unpaired) electrons. The van der Waals surface area contributed by atoms with Crippen LogP contribution in [0.25, 0.3) is 0 Å². The molecule has 2 nitrogen and oxygen atoms in total. The summed E-state index contributed by atoms with van der Waals surface area (Å²) in [6, 6.07) is 0.516. The van der Waals surface area contributed by atoms with Crippen LogP contribution in [-0.2, 0) is 0 Å². The van der Waals surface area contributed by atoms with Crippen LogP contribution in [0.4, 0.5) is 0 Å². The summed E-state index contributed by atoms with van der Waals surface area (Å²) in [4.78, 5) is 3.09. The van der Waals surface area contributed by atoms with Crippen LogP contribution in [0.15, 0.2) is 6.20 Å². The van der Waals surface area contributed by atoms with Crippen molar-refractivity contribution < 1.29 is 0 Å². The molecule has 86 valence electrons. The number of aryl methyl sites for hydroxylation is 1. The smallest absolute Gasteiger partial charge is 0.177 e. The zero-order valence-corrected chi connectivity index (χ0v) is 11.0. The largest absolute Gasteiger partial charge is 0.337 e. The van der Waals surface area contributed by atoms with Gasteiger partial charge in [0.1, 0.15) is 0 Å². The number of aromatic amines is 1. The topological polar surface area (TPSA) is 20.7 Å². The van der Waals surface area contributed by atoms with Crippen LogP contribution < -0.4 is 0 Å². The SMILES string of the molecule is Cc1c[nH]c(=S)n1C(C)CCCC(C)C. The monoisotopic (exact) mass is 226 g/mol. The van der Waals surface area contributed by atoms with Crippen molar-refractivity contribution in [2.24, 2.45) is 5.92 Å². The Balaban J connectivity index is 2.54. The second-order valence-electron chi connectivity index (χ2n) is 4.78. The molecule has 0 fully saturated rings. The van der Waals surface area contributed by atoms with Gasteiger partial charge in [0, 0.05) is 17.9 Å². The number of H-pyrrole nitrogens is 1. The van der Waals surface area contributed by atoms with Crippen LogP contribution in [0.2, 0.25) is 0 Å². The first-order chi connectivity index (χ1) is 7.02. The molecular weight excluding hydrogens is 204 g/mol. The predicted octanol–water partition coefficient (Wildman–Crippen LogP) is 4.24. The summed E-state index contributed by atoms with van der Waals surface area (Å²) in [5.41, 5.74) is 1.23. The molecule has 1 N–H and O–H groups in total. The van der Waals surface area contributed by atoms with Gasteiger partial charge < -0.3 is 9.55 Å². The lowest BCUT2D eigenvalue weighted by molar-refractivity contribution is 0.439. The zero-order valence-electron chi connectivity index (χ0n) is 10.2. The summed E-state index contributed by atoms with van der Waals surface area (Å²) in [6.45, 7) is 8.90. The van der Waals surface area contributed by atoms with Gasteiger partial charge >= 0.3 is 0 Å². The summed E-state index contributed by atoms with van der Waals surface area (Å²) in [5, 5.41) is 0. The Bertz CT molecular complexity index is 349. The maximum atomic E-state index is 5.26. The molecule has 0 aliphatic heterocycles. The van der Waals surface area contributed by atoms with E-state index in [1.807, 2.05) is 6.20 Å². The number of imidazole rings is 1. The summed E-state index contributed by atoms with van der Waals surface area (Å²) in [6.07, 6.45) is 5.79. The number of rotatable bonds is 5. The molecule has 0 amide bonds. The lowest BCUT2D eigenvalue weighted by Gasteiger charge is -2.15. The number of nitrogens with one attached hydrogen (secondary N) is 1. The van der Waals surface area contributed by atoms with Crippen molar-refractivity contribution in [2.45, 2.75) is 53.0 Å². The van der Waals surface area contributed by atoms with Crippen LogP contribution in [0.5, 0.6) is 0 Å². The van der Waals surface area contributed by atoms with Crippen molar-refractivity contribution in [1.29, 1.82) is 0 Å². The molecular formula is C12H22N2S. The molecule has 1 aromatic rings. The standard InChI is InChI=1S/C12H22N2S/c1-9(2)6-5-7-10(3)14-11(4)8-13-12(14)15/h8-10H,5-7H2,1-4H3,(H,13,15). The highest BCUT2D eigenvalue weighted by Gasteiger charge is 2.08. The average molecular weight is 226 g/mol. The number of nitrogens with zero attached hydrogens (tertiary/aromatic N) is 1. The van der Waals surface area contributed by atoms with Gasteiger partial charge in [0.2, 0.25) is 0 Å². The van der Waals surface area contributed by atoms with E-state index in [0.29, 0.717) is 6.04 Å². The maximum absolute atomic E-state index is 5.26. The second-order valence-corrected chi connectivity index (χ2v) is 5.17. The van der Waals surface area contributed by atoms with Crippen molar-refractivity contribution >= 4 is 12.2 Å². The molecule has 3 heteroatoms. The van der Waals surface area contributed by atoms with Crippen molar-refractivity contribution in [3.05, 3.63) is 16.7 Å². The van der Waals surface area contributed by atoms with Gasteiger partial charge in [0.05, 0.1) is 0 Å². The summed E-state index contributed by atoms with van der Waals surface area (Å²) < 4.78 is 3.07. The Labute approximate surface area is 97.7 Å². The number of hydrogen-bond donors (Lipinski definition) is 1. The van der Waals surface area contributed by atoms with Gasteiger partial charge in [-0.15, -0.1) is 0 Å². The minimum Gasteiger partial charge on any atom is -0.337 e. The van der Waals surface area contributed by atoms with Crippen LogP contribution in [0.1, 0.15) is 51.8 Å². The van der Waals surface area contributed by atoms with Crippen molar-refractivity contribution in [3.8, 4) is 0 Å². The fourth-order valence-electron chi connectivity index (χ4n) is 1.96. The molecule has 1 aromatic heterocycles. The molecule has 15 heavy (non-hydrogen) atoms. The normalized spacial score (nSPS) is 13.4. The van der Waals surface area contributed by atoms with Crippen LogP contribution >= 0.6 is 12.2 Å². The van der Waals surface area contributed by atoms with E-state index >= 15 is 0 Å². The minimum absolute atomic E-state index is 0.516. The average Bonchev–Trinajstić information content (AvgIpc) is 2.45. The van der Waals surface area contributed by atoms with Crippen LogP contribution in [0.3, 0.4) is 0 Å². The zero-order chi connectivity index (χ0) is 11.4. The molecule has 0 saturated carbocycles. The van der Waals surface area contributed by atoms with E-state index in [2.05, 4.69) is 37.2 Å². The lowest BCUT2D eigenvalue weighted by atomic mass is 10.0. The van der Waals surface area contributed by atoms with Crippen LogP contribution in [0, 0.1) is 17.6 Å². The molecule has 1 unspecified atom stereocenters. The third-order valence-electron chi connectivity index (χ3n) is 2.85. The molecule has 0 spiro atoms. The van der Waals surface area contributed by atoms with E-state index in [1.54, 1.807) is 0 Å². The van der Waals surface area contributed by atoms with E-state index in [-0.39, 0.29) is 0 Å². The Morgan fingerprint density at radius 3 is 2.47 bits per heavy atom. The molecule has 0 bridgehead atoms. The lowest BCUT2D eigenvalue weighted by Crippen LogP contribution is -2.07. The van der Waals surface area contributed by atoms with E-state index in [9.17, 15) is 0 Å². The summed E-state index contributed by atoms with van der Waals surface area (Å²) >= 11 is 5.26. The number of aromatic nitrogens is 2. The Morgan fingerprint density at radius 1 is 1.33 bits per heavy atom. The first kappa shape index (κ1) is 12.5. The van der Waals surface area contributed by atoms with Crippen molar-refractivity contribution in [3.63, 3.8) is 0 Å². The highest BCUT2D eigenvalue weighted by molar-refractivity contribution is 7.71. The fraction of sp³-hybridized carbons (Fsp3) is 0.750. The van der Waals surface area contributed by atoms with Crippen LogP contribution in [-0.4, -0.2) is 9.55 Å². The van der Waals surface area contributed by atoms with Gasteiger partial charge in [0.15, 0.2) is 4.77 Å².